The first-order valence-electron chi connectivity index (χ1n) is 14.2. The van der Waals surface area contributed by atoms with E-state index in [-0.39, 0.29) is 32.1 Å². The van der Waals surface area contributed by atoms with Gasteiger partial charge in [0.15, 0.2) is 0 Å². The molecule has 4 heterocycles. The molecule has 49 heavy (non-hydrogen) atoms. The second-order valence-corrected chi connectivity index (χ2v) is 10.2. The van der Waals surface area contributed by atoms with Crippen LogP contribution in [0.5, 0.6) is 0 Å². The number of carbonyl (C=O) groups excluding carboxylic acids is 3. The molecule has 256 valence electrons. The van der Waals surface area contributed by atoms with Gasteiger partial charge < -0.3 is 24.4 Å². The third kappa shape index (κ3) is 16.5. The van der Waals surface area contributed by atoms with Crippen LogP contribution in [0.15, 0.2) is 48.5 Å². The molecule has 4 aromatic heterocycles. The maximum absolute atomic E-state index is 11.1. The van der Waals surface area contributed by atoms with Crippen molar-refractivity contribution in [2.75, 3.05) is 7.11 Å². The van der Waals surface area contributed by atoms with Crippen molar-refractivity contribution in [3.8, 4) is 12.1 Å². The van der Waals surface area contributed by atoms with Gasteiger partial charge in [-0.25, -0.2) is 24.7 Å². The van der Waals surface area contributed by atoms with Crippen LogP contribution < -0.4 is 0 Å². The van der Waals surface area contributed by atoms with Crippen molar-refractivity contribution >= 4 is 30.5 Å². The Hall–Kier alpha value is -5.80. The number of rotatable bonds is 9. The monoisotopic (exact) mass is 690 g/mol. The fourth-order valence-electron chi connectivity index (χ4n) is 3.85. The standard InChI is InChI=1S/C9H8N2O2.C9H11NO3.C8H8ClNO2.C8H8N2O/c1-7-2-8(5-13-6-12)3-9(4-10)11-7;1-6-3-7(5-11)4-8(10-6)9(12)13-2;1-6-2-7(4-12-5-11)3-8(9)10-6;1-6-2-7(5-11)3-8(4-9)10-6/h2-3,6H,5H2,1H3;3-4,11H,5H2,1-2H3;2-3,5H,4H2,1H3;2-3,11H,5H2,1H3. The summed E-state index contributed by atoms with van der Waals surface area (Å²) < 4.78 is 13.6. The van der Waals surface area contributed by atoms with Crippen LogP contribution in [0.3, 0.4) is 0 Å². The summed E-state index contributed by atoms with van der Waals surface area (Å²) in [4.78, 5) is 46.7. The molecule has 0 aromatic carbocycles. The van der Waals surface area contributed by atoms with Gasteiger partial charge in [-0.05, 0) is 98.5 Å². The summed E-state index contributed by atoms with van der Waals surface area (Å²) in [7, 11) is 1.30. The van der Waals surface area contributed by atoms with E-state index in [2.05, 4.69) is 34.1 Å². The number of halogens is 1. The molecule has 0 aliphatic rings. The number of pyridine rings is 4. The van der Waals surface area contributed by atoms with E-state index in [1.165, 1.54) is 13.2 Å². The number of hydrogen-bond acceptors (Lipinski definition) is 14. The van der Waals surface area contributed by atoms with Crippen LogP contribution in [-0.4, -0.2) is 56.2 Å². The van der Waals surface area contributed by atoms with Crippen molar-refractivity contribution in [2.24, 2.45) is 0 Å². The first-order chi connectivity index (χ1) is 23.4. The summed E-state index contributed by atoms with van der Waals surface area (Å²) in [5, 5.41) is 35.1. The van der Waals surface area contributed by atoms with Crippen molar-refractivity contribution in [3.63, 3.8) is 0 Å². The number of aliphatic hydroxyl groups is 2. The third-order valence-corrected chi connectivity index (χ3v) is 5.84. The number of nitriles is 2. The molecule has 0 aliphatic carbocycles. The number of aromatic nitrogens is 4. The predicted octanol–water partition coefficient (Wildman–Crippen LogP) is 4.07. The van der Waals surface area contributed by atoms with Gasteiger partial charge in [0, 0.05) is 22.8 Å². The van der Waals surface area contributed by atoms with Crippen LogP contribution in [0.25, 0.3) is 0 Å². The zero-order chi connectivity index (χ0) is 36.8. The van der Waals surface area contributed by atoms with Gasteiger partial charge in [-0.2, -0.15) is 10.5 Å². The Bertz CT molecular complexity index is 1770. The van der Waals surface area contributed by atoms with Crippen molar-refractivity contribution in [2.45, 2.75) is 54.1 Å². The zero-order valence-electron chi connectivity index (χ0n) is 27.5. The number of aliphatic hydroxyl groups excluding tert-OH is 2. The van der Waals surface area contributed by atoms with Crippen molar-refractivity contribution in [3.05, 3.63) is 116 Å². The van der Waals surface area contributed by atoms with E-state index in [1.807, 2.05) is 25.1 Å². The zero-order valence-corrected chi connectivity index (χ0v) is 28.3. The highest BCUT2D eigenvalue weighted by atomic mass is 35.5. The first kappa shape index (κ1) is 41.2. The van der Waals surface area contributed by atoms with Crippen LogP contribution >= 0.6 is 11.6 Å². The molecular formula is C34H35ClN6O8. The van der Waals surface area contributed by atoms with Gasteiger partial charge in [-0.3, -0.25) is 9.59 Å². The Kier molecular flexibility index (Phi) is 19.1. The third-order valence-electron chi connectivity index (χ3n) is 5.65. The molecule has 4 aromatic rings. The Morgan fingerprint density at radius 2 is 1.10 bits per heavy atom. The summed E-state index contributed by atoms with van der Waals surface area (Å²) in [6.07, 6.45) is 0. The lowest BCUT2D eigenvalue weighted by Gasteiger charge is -2.02. The van der Waals surface area contributed by atoms with Gasteiger partial charge >= 0.3 is 5.97 Å². The molecule has 0 spiro atoms. The highest BCUT2D eigenvalue weighted by Gasteiger charge is 2.08. The quantitative estimate of drug-likeness (QED) is 0.109. The smallest absolute Gasteiger partial charge is 0.356 e. The van der Waals surface area contributed by atoms with Gasteiger partial charge in [-0.15, -0.1) is 0 Å². The molecule has 0 saturated heterocycles. The molecule has 2 N–H and O–H groups in total. The van der Waals surface area contributed by atoms with Crippen LogP contribution in [-0.2, 0) is 50.2 Å². The van der Waals surface area contributed by atoms with E-state index in [0.29, 0.717) is 40.7 Å². The summed E-state index contributed by atoms with van der Waals surface area (Å²) in [5.41, 5.74) is 6.93. The summed E-state index contributed by atoms with van der Waals surface area (Å²) in [6.45, 7) is 8.22. The number of carbonyl (C=O) groups is 3. The van der Waals surface area contributed by atoms with Crippen LogP contribution in [0.1, 0.15) is 66.9 Å². The molecule has 0 radical (unpaired) electrons. The Morgan fingerprint density at radius 3 is 1.53 bits per heavy atom. The predicted molar refractivity (Wildman–Crippen MR) is 175 cm³/mol. The lowest BCUT2D eigenvalue weighted by atomic mass is 10.2. The van der Waals surface area contributed by atoms with E-state index in [9.17, 15) is 14.4 Å². The van der Waals surface area contributed by atoms with Gasteiger partial charge in [0.25, 0.3) is 12.9 Å². The maximum Gasteiger partial charge on any atom is 0.356 e. The Balaban J connectivity index is 0.000000327. The first-order valence-corrected chi connectivity index (χ1v) is 14.6. The number of aryl methyl sites for hydroxylation is 4. The molecule has 0 atom stereocenters. The molecular weight excluding hydrogens is 656 g/mol. The highest BCUT2D eigenvalue weighted by molar-refractivity contribution is 6.29. The fraction of sp³-hybridized carbons (Fsp3) is 0.265. The molecule has 0 amide bonds. The summed E-state index contributed by atoms with van der Waals surface area (Å²) >= 11 is 5.67. The van der Waals surface area contributed by atoms with E-state index >= 15 is 0 Å². The Morgan fingerprint density at radius 1 is 0.694 bits per heavy atom. The minimum Gasteiger partial charge on any atom is -0.464 e. The second kappa shape index (κ2) is 22.7. The number of hydrogen-bond donors (Lipinski definition) is 2. The second-order valence-electron chi connectivity index (χ2n) is 9.79. The molecule has 0 aliphatic heterocycles. The van der Waals surface area contributed by atoms with E-state index in [4.69, 9.17) is 32.3 Å². The van der Waals surface area contributed by atoms with Gasteiger partial charge in [0.1, 0.15) is 47.6 Å². The largest absolute Gasteiger partial charge is 0.464 e. The van der Waals surface area contributed by atoms with Crippen molar-refractivity contribution in [1.29, 1.82) is 10.5 Å². The average Bonchev–Trinajstić information content (AvgIpc) is 3.09. The van der Waals surface area contributed by atoms with Crippen LogP contribution in [0.4, 0.5) is 0 Å². The van der Waals surface area contributed by atoms with Gasteiger partial charge in [-0.1, -0.05) is 11.6 Å². The molecule has 14 nitrogen and oxygen atoms in total. The molecule has 0 bridgehead atoms. The molecule has 0 saturated carbocycles. The SMILES string of the molecule is COC(=O)c1cc(CO)cc(C)n1.Cc1cc(CO)cc(C#N)n1.Cc1cc(COC=O)cc(C#N)n1.Cc1cc(COC=O)cc(Cl)n1. The van der Waals surface area contributed by atoms with E-state index in [1.54, 1.807) is 57.2 Å². The molecule has 0 fully saturated rings. The maximum atomic E-state index is 11.1. The lowest BCUT2D eigenvalue weighted by molar-refractivity contribution is -0.130. The minimum absolute atomic E-state index is 0.0436. The van der Waals surface area contributed by atoms with Crippen molar-refractivity contribution < 1.29 is 38.8 Å². The minimum atomic E-state index is -0.488. The summed E-state index contributed by atoms with van der Waals surface area (Å²) in [5.74, 6) is -0.488. The number of methoxy groups -OCH3 is 1. The number of ether oxygens (including phenoxy) is 3. The Labute approximate surface area is 288 Å². The molecule has 0 unspecified atom stereocenters. The summed E-state index contributed by atoms with van der Waals surface area (Å²) in [6, 6.07) is 17.2. The molecule has 15 heteroatoms. The van der Waals surface area contributed by atoms with Crippen LogP contribution in [0.2, 0.25) is 5.15 Å². The fourth-order valence-corrected chi connectivity index (χ4v) is 4.12. The highest BCUT2D eigenvalue weighted by Crippen LogP contribution is 2.11. The number of nitrogens with zero attached hydrogens (tertiary/aromatic N) is 6. The topological polar surface area (TPSA) is 218 Å². The van der Waals surface area contributed by atoms with E-state index in [0.717, 1.165) is 33.8 Å². The van der Waals surface area contributed by atoms with Crippen LogP contribution in [0, 0.1) is 50.4 Å². The van der Waals surface area contributed by atoms with Gasteiger partial charge in [0.05, 0.1) is 20.3 Å². The van der Waals surface area contributed by atoms with Crippen molar-refractivity contribution in [1.82, 2.24) is 19.9 Å². The number of esters is 1. The molecule has 4 rings (SSSR count). The lowest BCUT2D eigenvalue weighted by Crippen LogP contribution is -2.06. The normalized spacial score (nSPS) is 9.35. The van der Waals surface area contributed by atoms with Gasteiger partial charge in [0.2, 0.25) is 0 Å². The van der Waals surface area contributed by atoms with E-state index < -0.39 is 5.97 Å². The average molecular weight is 691 g/mol.